The Bertz CT molecular complexity index is 568. The van der Waals surface area contributed by atoms with Gasteiger partial charge in [-0.15, -0.1) is 0 Å². The Labute approximate surface area is 116 Å². The van der Waals surface area contributed by atoms with Crippen molar-refractivity contribution in [1.82, 2.24) is 14.8 Å². The van der Waals surface area contributed by atoms with E-state index in [9.17, 15) is 9.18 Å². The molecule has 18 heavy (non-hydrogen) atoms. The molecule has 0 aliphatic rings. The van der Waals surface area contributed by atoms with E-state index in [1.54, 1.807) is 6.92 Å². The number of nitrogens with zero attached hydrogens (tertiary/aromatic N) is 3. The molecule has 0 saturated carbocycles. The lowest BCUT2D eigenvalue weighted by molar-refractivity contribution is 0.0525. The number of hydrogen-bond donors (Lipinski definition) is 0. The fraction of sp³-hybridized carbons (Fsp3) is 0.182. The summed E-state index contributed by atoms with van der Waals surface area (Å²) in [7, 11) is 0. The zero-order valence-electron chi connectivity index (χ0n) is 9.43. The van der Waals surface area contributed by atoms with E-state index in [0.29, 0.717) is 21.7 Å². The minimum Gasteiger partial charge on any atom is -0.462 e. The molecule has 0 saturated heterocycles. The van der Waals surface area contributed by atoms with Crippen molar-refractivity contribution in [3.05, 3.63) is 39.6 Å². The molecule has 0 atom stereocenters. The summed E-state index contributed by atoms with van der Waals surface area (Å²) in [5.41, 5.74) is 0.364. The molecule has 0 fully saturated rings. The molecule has 2 aromatic heterocycles. The van der Waals surface area contributed by atoms with Crippen LogP contribution in [0.5, 0.6) is 0 Å². The molecule has 0 radical (unpaired) electrons. The van der Waals surface area contributed by atoms with Crippen LogP contribution in [0.3, 0.4) is 0 Å². The van der Waals surface area contributed by atoms with Crippen LogP contribution < -0.4 is 0 Å². The maximum atomic E-state index is 12.7. The Kier molecular flexibility index (Phi) is 3.90. The highest BCUT2D eigenvalue weighted by Gasteiger charge is 2.16. The SMILES string of the molecule is CCOC(=O)c1cn(-c2ccc(F)cn2)nc1I. The molecule has 7 heteroatoms. The standard InChI is InChI=1S/C11H9FIN3O2/c1-2-18-11(17)8-6-16(15-10(8)13)9-4-3-7(12)5-14-9/h3-6H,2H2,1H3. The smallest absolute Gasteiger partial charge is 0.342 e. The molecule has 0 aromatic carbocycles. The van der Waals surface area contributed by atoms with Crippen molar-refractivity contribution in [2.45, 2.75) is 6.92 Å². The Hall–Kier alpha value is -1.51. The molecular weight excluding hydrogens is 352 g/mol. The average Bonchev–Trinajstić information content (AvgIpc) is 2.72. The van der Waals surface area contributed by atoms with E-state index < -0.39 is 11.8 Å². The molecule has 0 unspecified atom stereocenters. The monoisotopic (exact) mass is 361 g/mol. The van der Waals surface area contributed by atoms with Crippen LogP contribution in [-0.2, 0) is 4.74 Å². The topological polar surface area (TPSA) is 57.0 Å². The van der Waals surface area contributed by atoms with Crippen molar-refractivity contribution in [2.24, 2.45) is 0 Å². The Morgan fingerprint density at radius 1 is 1.56 bits per heavy atom. The number of esters is 1. The number of aromatic nitrogens is 3. The highest BCUT2D eigenvalue weighted by atomic mass is 127. The third kappa shape index (κ3) is 2.66. The number of pyridine rings is 1. The third-order valence-corrected chi connectivity index (χ3v) is 2.91. The van der Waals surface area contributed by atoms with E-state index in [4.69, 9.17) is 4.74 Å². The van der Waals surface area contributed by atoms with Gasteiger partial charge in [0.2, 0.25) is 0 Å². The van der Waals surface area contributed by atoms with Crippen LogP contribution in [0.4, 0.5) is 4.39 Å². The first-order valence-electron chi connectivity index (χ1n) is 5.16. The third-order valence-electron chi connectivity index (χ3n) is 2.11. The number of ether oxygens (including phenoxy) is 1. The second kappa shape index (κ2) is 5.42. The maximum Gasteiger partial charge on any atom is 0.342 e. The van der Waals surface area contributed by atoms with Crippen LogP contribution in [0.2, 0.25) is 0 Å². The fourth-order valence-electron chi connectivity index (χ4n) is 1.32. The van der Waals surface area contributed by atoms with Gasteiger partial charge in [0.25, 0.3) is 0 Å². The first kappa shape index (κ1) is 12.9. The van der Waals surface area contributed by atoms with Gasteiger partial charge in [0, 0.05) is 6.20 Å². The quantitative estimate of drug-likeness (QED) is 0.621. The second-order valence-electron chi connectivity index (χ2n) is 3.33. The average molecular weight is 361 g/mol. The summed E-state index contributed by atoms with van der Waals surface area (Å²) in [4.78, 5) is 15.5. The number of carbonyl (C=O) groups is 1. The van der Waals surface area contributed by atoms with Gasteiger partial charge in [0.05, 0.1) is 12.8 Å². The zero-order valence-corrected chi connectivity index (χ0v) is 11.6. The van der Waals surface area contributed by atoms with E-state index >= 15 is 0 Å². The van der Waals surface area contributed by atoms with Crippen molar-refractivity contribution in [1.29, 1.82) is 0 Å². The van der Waals surface area contributed by atoms with Crippen LogP contribution in [0.25, 0.3) is 5.82 Å². The van der Waals surface area contributed by atoms with Crippen LogP contribution in [0, 0.1) is 9.52 Å². The van der Waals surface area contributed by atoms with Gasteiger partial charge in [-0.25, -0.2) is 18.9 Å². The maximum absolute atomic E-state index is 12.7. The zero-order chi connectivity index (χ0) is 13.1. The first-order chi connectivity index (χ1) is 8.61. The molecule has 2 heterocycles. The lowest BCUT2D eigenvalue weighted by Crippen LogP contribution is -2.04. The van der Waals surface area contributed by atoms with Crippen LogP contribution in [-0.4, -0.2) is 27.3 Å². The van der Waals surface area contributed by atoms with Gasteiger partial charge < -0.3 is 4.74 Å². The van der Waals surface area contributed by atoms with Gasteiger partial charge in [-0.3, -0.25) is 0 Å². The van der Waals surface area contributed by atoms with Crippen molar-refractivity contribution in [3.8, 4) is 5.82 Å². The number of halogens is 2. The minimum absolute atomic E-state index is 0.300. The van der Waals surface area contributed by atoms with Crippen molar-refractivity contribution >= 4 is 28.6 Å². The van der Waals surface area contributed by atoms with Gasteiger partial charge in [-0.05, 0) is 41.6 Å². The molecule has 0 N–H and O–H groups in total. The molecular formula is C11H9FIN3O2. The van der Waals surface area contributed by atoms with Crippen LogP contribution in [0.15, 0.2) is 24.5 Å². The molecule has 0 amide bonds. The number of carbonyl (C=O) groups excluding carboxylic acids is 1. The molecule has 0 aliphatic carbocycles. The molecule has 2 rings (SSSR count). The molecule has 94 valence electrons. The summed E-state index contributed by atoms with van der Waals surface area (Å²) in [6.45, 7) is 2.03. The summed E-state index contributed by atoms with van der Waals surface area (Å²) in [6.07, 6.45) is 2.61. The van der Waals surface area contributed by atoms with Gasteiger partial charge in [0.15, 0.2) is 5.82 Å². The predicted octanol–water partition coefficient (Wildman–Crippen LogP) is 2.19. The Balaban J connectivity index is 2.34. The molecule has 0 aliphatic heterocycles. The van der Waals surface area contributed by atoms with Crippen molar-refractivity contribution in [2.75, 3.05) is 6.61 Å². The van der Waals surface area contributed by atoms with E-state index in [2.05, 4.69) is 10.1 Å². The summed E-state index contributed by atoms with van der Waals surface area (Å²) in [6, 6.07) is 2.76. The summed E-state index contributed by atoms with van der Waals surface area (Å²) >= 11 is 1.93. The first-order valence-corrected chi connectivity index (χ1v) is 6.24. The van der Waals surface area contributed by atoms with Crippen LogP contribution in [0.1, 0.15) is 17.3 Å². The van der Waals surface area contributed by atoms with Gasteiger partial charge >= 0.3 is 5.97 Å². The largest absolute Gasteiger partial charge is 0.462 e. The molecule has 0 bridgehead atoms. The Morgan fingerprint density at radius 2 is 2.33 bits per heavy atom. The predicted molar refractivity (Wildman–Crippen MR) is 70.0 cm³/mol. The minimum atomic E-state index is -0.435. The molecule has 2 aromatic rings. The van der Waals surface area contributed by atoms with Crippen molar-refractivity contribution in [3.63, 3.8) is 0 Å². The highest BCUT2D eigenvalue weighted by molar-refractivity contribution is 14.1. The summed E-state index contributed by atoms with van der Waals surface area (Å²) in [5, 5.41) is 4.13. The van der Waals surface area contributed by atoms with Crippen LogP contribution >= 0.6 is 22.6 Å². The Morgan fingerprint density at radius 3 is 2.94 bits per heavy atom. The second-order valence-corrected chi connectivity index (χ2v) is 4.36. The normalized spacial score (nSPS) is 10.4. The van der Waals surface area contributed by atoms with E-state index in [1.165, 1.54) is 23.0 Å². The van der Waals surface area contributed by atoms with Gasteiger partial charge in [-0.1, -0.05) is 0 Å². The van der Waals surface area contributed by atoms with Gasteiger partial charge in [0.1, 0.15) is 15.1 Å². The molecule has 5 nitrogen and oxygen atoms in total. The number of hydrogen-bond acceptors (Lipinski definition) is 4. The lowest BCUT2D eigenvalue weighted by atomic mass is 10.4. The van der Waals surface area contributed by atoms with E-state index in [0.717, 1.165) is 6.20 Å². The van der Waals surface area contributed by atoms with Gasteiger partial charge in [-0.2, -0.15) is 5.10 Å². The highest BCUT2D eigenvalue weighted by Crippen LogP contribution is 2.14. The molecule has 0 spiro atoms. The number of rotatable bonds is 3. The van der Waals surface area contributed by atoms with Crippen molar-refractivity contribution < 1.29 is 13.9 Å². The summed E-state index contributed by atoms with van der Waals surface area (Å²) in [5.74, 6) is -0.425. The summed E-state index contributed by atoms with van der Waals surface area (Å²) < 4.78 is 19.6. The van der Waals surface area contributed by atoms with E-state index in [1.807, 2.05) is 22.6 Å². The van der Waals surface area contributed by atoms with E-state index in [-0.39, 0.29) is 0 Å². The lowest BCUT2D eigenvalue weighted by Gasteiger charge is -1.99. The fourth-order valence-corrected chi connectivity index (χ4v) is 1.91.